The molecule has 2 heterocycles. The molecular weight excluding hydrogens is 594 g/mol. The standard InChI is InChI=1S/C33H44ClN7O4/c1-8-10-20-12-13-21(15-23(20)34)38-29-22-16-25(27(45-7)17-24(22)36-18-37-29)39-31(43)26-11-9-14-41(26)32(44)28(33(3,4)5)40-30(42)19(2)35-6/h12-13,15-19,26,28,35H,8-11,14H2,1-7H3,(H,39,43)(H,40,42)(H,36,37,38)/t19-,26-,28+/m0/s1. The lowest BCUT2D eigenvalue weighted by Crippen LogP contribution is -2.59. The number of fused-ring (bicyclic) bond motifs is 1. The number of carbonyl (C=O) groups is 3. The fourth-order valence-electron chi connectivity index (χ4n) is 5.42. The van der Waals surface area contributed by atoms with Crippen molar-refractivity contribution >= 4 is 57.4 Å². The molecule has 1 aliphatic rings. The summed E-state index contributed by atoms with van der Waals surface area (Å²) in [5.74, 6) is 0.0492. The molecule has 0 radical (unpaired) electrons. The molecule has 242 valence electrons. The first-order valence-electron chi connectivity index (χ1n) is 15.3. The Morgan fingerprint density at radius 3 is 2.56 bits per heavy atom. The summed E-state index contributed by atoms with van der Waals surface area (Å²) in [4.78, 5) is 50.8. The number of hydrogen-bond acceptors (Lipinski definition) is 8. The van der Waals surface area contributed by atoms with Crippen molar-refractivity contribution < 1.29 is 19.1 Å². The van der Waals surface area contributed by atoms with E-state index in [1.165, 1.54) is 13.4 Å². The average Bonchev–Trinajstić information content (AvgIpc) is 3.50. The van der Waals surface area contributed by atoms with Gasteiger partial charge in [-0.2, -0.15) is 0 Å². The predicted octanol–water partition coefficient (Wildman–Crippen LogP) is 5.06. The summed E-state index contributed by atoms with van der Waals surface area (Å²) in [6, 6.07) is 7.33. The van der Waals surface area contributed by atoms with Gasteiger partial charge in [-0.1, -0.05) is 51.8 Å². The minimum absolute atomic E-state index is 0.280. The zero-order valence-corrected chi connectivity index (χ0v) is 27.8. The Labute approximate surface area is 269 Å². The van der Waals surface area contributed by atoms with Crippen molar-refractivity contribution in [2.45, 2.75) is 78.4 Å². The lowest BCUT2D eigenvalue weighted by atomic mass is 9.85. The molecule has 0 spiro atoms. The quantitative estimate of drug-likeness (QED) is 0.229. The molecule has 0 saturated carbocycles. The molecule has 4 N–H and O–H groups in total. The summed E-state index contributed by atoms with van der Waals surface area (Å²) in [7, 11) is 3.21. The second kappa shape index (κ2) is 14.4. The average molecular weight is 638 g/mol. The van der Waals surface area contributed by atoms with E-state index in [1.54, 1.807) is 31.0 Å². The van der Waals surface area contributed by atoms with Crippen molar-refractivity contribution in [3.63, 3.8) is 0 Å². The number of nitrogens with one attached hydrogen (secondary N) is 4. The third kappa shape index (κ3) is 7.83. The van der Waals surface area contributed by atoms with Crippen LogP contribution in [0.2, 0.25) is 5.02 Å². The van der Waals surface area contributed by atoms with Gasteiger partial charge in [0, 0.05) is 28.7 Å². The van der Waals surface area contributed by atoms with Gasteiger partial charge < -0.3 is 30.9 Å². The molecule has 3 aromatic rings. The number of amides is 3. The monoisotopic (exact) mass is 637 g/mol. The first-order valence-corrected chi connectivity index (χ1v) is 15.7. The van der Waals surface area contributed by atoms with E-state index >= 15 is 0 Å². The van der Waals surface area contributed by atoms with Gasteiger partial charge in [-0.15, -0.1) is 0 Å². The largest absolute Gasteiger partial charge is 0.494 e. The van der Waals surface area contributed by atoms with Crippen molar-refractivity contribution in [3.8, 4) is 5.75 Å². The molecule has 11 nitrogen and oxygen atoms in total. The number of nitrogens with zero attached hydrogens (tertiary/aromatic N) is 3. The van der Waals surface area contributed by atoms with Crippen molar-refractivity contribution in [1.29, 1.82) is 0 Å². The van der Waals surface area contributed by atoms with Gasteiger partial charge in [-0.3, -0.25) is 14.4 Å². The van der Waals surface area contributed by atoms with Crippen molar-refractivity contribution in [1.82, 2.24) is 25.5 Å². The van der Waals surface area contributed by atoms with E-state index < -0.39 is 23.5 Å². The molecule has 2 aromatic carbocycles. The van der Waals surface area contributed by atoms with Crippen LogP contribution in [0.1, 0.15) is 59.4 Å². The number of rotatable bonds is 11. The number of anilines is 3. The summed E-state index contributed by atoms with van der Waals surface area (Å²) in [6.45, 7) is 9.94. The highest BCUT2D eigenvalue weighted by atomic mass is 35.5. The smallest absolute Gasteiger partial charge is 0.247 e. The van der Waals surface area contributed by atoms with E-state index in [2.05, 4.69) is 38.2 Å². The number of benzene rings is 2. The van der Waals surface area contributed by atoms with E-state index in [1.807, 2.05) is 39.0 Å². The molecule has 4 rings (SSSR count). The lowest BCUT2D eigenvalue weighted by Gasteiger charge is -2.36. The topological polar surface area (TPSA) is 138 Å². The number of hydrogen-bond donors (Lipinski definition) is 4. The van der Waals surface area contributed by atoms with Gasteiger partial charge >= 0.3 is 0 Å². The zero-order valence-electron chi connectivity index (χ0n) is 27.1. The Morgan fingerprint density at radius 2 is 1.91 bits per heavy atom. The lowest BCUT2D eigenvalue weighted by molar-refractivity contribution is -0.143. The fourth-order valence-corrected chi connectivity index (χ4v) is 5.69. The van der Waals surface area contributed by atoms with Gasteiger partial charge in [0.1, 0.15) is 30.0 Å². The Balaban J connectivity index is 1.60. The number of aromatic nitrogens is 2. The maximum Gasteiger partial charge on any atom is 0.247 e. The van der Waals surface area contributed by atoms with E-state index in [4.69, 9.17) is 16.3 Å². The van der Waals surface area contributed by atoms with Gasteiger partial charge in [-0.05, 0) is 62.4 Å². The van der Waals surface area contributed by atoms with E-state index in [0.29, 0.717) is 52.6 Å². The number of carbonyl (C=O) groups excluding carboxylic acids is 3. The van der Waals surface area contributed by atoms with Crippen LogP contribution in [0.4, 0.5) is 17.2 Å². The van der Waals surface area contributed by atoms with Crippen LogP contribution < -0.4 is 26.0 Å². The molecule has 0 bridgehead atoms. The van der Waals surface area contributed by atoms with Gasteiger partial charge in [-0.25, -0.2) is 9.97 Å². The summed E-state index contributed by atoms with van der Waals surface area (Å²) >= 11 is 6.51. The molecule has 12 heteroatoms. The van der Waals surface area contributed by atoms with E-state index in [0.717, 1.165) is 24.1 Å². The molecule has 0 aliphatic carbocycles. The number of ether oxygens (including phenoxy) is 1. The van der Waals surface area contributed by atoms with Crippen molar-refractivity contribution in [2.75, 3.05) is 31.3 Å². The van der Waals surface area contributed by atoms with Gasteiger partial charge in [0.05, 0.1) is 24.4 Å². The Kier molecular flexibility index (Phi) is 10.9. The number of likely N-dealkylation sites (tertiary alicyclic amines) is 1. The van der Waals surface area contributed by atoms with Gasteiger partial charge in [0.15, 0.2) is 0 Å². The van der Waals surface area contributed by atoms with Crippen LogP contribution in [-0.4, -0.2) is 71.4 Å². The highest BCUT2D eigenvalue weighted by Gasteiger charge is 2.42. The number of aryl methyl sites for hydroxylation is 1. The third-order valence-electron chi connectivity index (χ3n) is 8.11. The van der Waals surface area contributed by atoms with Crippen LogP contribution in [0.3, 0.4) is 0 Å². The summed E-state index contributed by atoms with van der Waals surface area (Å²) in [6.07, 6.45) is 4.51. The van der Waals surface area contributed by atoms with Crippen molar-refractivity contribution in [2.24, 2.45) is 5.41 Å². The van der Waals surface area contributed by atoms with Crippen LogP contribution in [0.25, 0.3) is 10.9 Å². The van der Waals surface area contributed by atoms with Crippen LogP contribution in [0.15, 0.2) is 36.7 Å². The summed E-state index contributed by atoms with van der Waals surface area (Å²) in [5.41, 5.74) is 2.32. The maximum absolute atomic E-state index is 13.9. The molecule has 1 aromatic heterocycles. The molecule has 0 unspecified atom stereocenters. The van der Waals surface area contributed by atoms with Gasteiger partial charge in [0.25, 0.3) is 0 Å². The minimum atomic E-state index is -0.806. The second-order valence-corrected chi connectivity index (χ2v) is 12.9. The maximum atomic E-state index is 13.9. The normalized spacial score (nSPS) is 16.3. The molecule has 1 fully saturated rings. The second-order valence-electron chi connectivity index (χ2n) is 12.5. The number of halogens is 1. The predicted molar refractivity (Wildman–Crippen MR) is 178 cm³/mol. The molecule has 3 amide bonds. The third-order valence-corrected chi connectivity index (χ3v) is 8.47. The Morgan fingerprint density at radius 1 is 1.16 bits per heavy atom. The molecule has 1 saturated heterocycles. The van der Waals surface area contributed by atoms with Crippen LogP contribution in [-0.2, 0) is 20.8 Å². The van der Waals surface area contributed by atoms with Gasteiger partial charge in [0.2, 0.25) is 17.7 Å². The zero-order chi connectivity index (χ0) is 32.9. The van der Waals surface area contributed by atoms with Crippen LogP contribution in [0, 0.1) is 5.41 Å². The minimum Gasteiger partial charge on any atom is -0.494 e. The highest BCUT2D eigenvalue weighted by Crippen LogP contribution is 2.35. The number of methoxy groups -OCH3 is 1. The first kappa shape index (κ1) is 33.9. The summed E-state index contributed by atoms with van der Waals surface area (Å²) in [5, 5.41) is 13.5. The van der Waals surface area contributed by atoms with E-state index in [9.17, 15) is 14.4 Å². The molecule has 1 aliphatic heterocycles. The Bertz CT molecular complexity index is 1560. The highest BCUT2D eigenvalue weighted by molar-refractivity contribution is 6.31. The van der Waals surface area contributed by atoms with Crippen LogP contribution in [0.5, 0.6) is 5.75 Å². The molecule has 3 atom stereocenters. The van der Waals surface area contributed by atoms with Crippen molar-refractivity contribution in [3.05, 3.63) is 47.2 Å². The number of likely N-dealkylation sites (N-methyl/N-ethyl adjacent to an activating group) is 1. The molecular formula is C33H44ClN7O4. The van der Waals surface area contributed by atoms with E-state index in [-0.39, 0.29) is 17.7 Å². The Hall–Kier alpha value is -3.96. The molecule has 45 heavy (non-hydrogen) atoms. The summed E-state index contributed by atoms with van der Waals surface area (Å²) < 4.78 is 5.61. The first-order chi connectivity index (χ1) is 21.4. The van der Waals surface area contributed by atoms with Crippen LogP contribution >= 0.6 is 11.6 Å². The SMILES string of the molecule is CCCc1ccc(Nc2ncnc3cc(OC)c(NC(=O)[C@@H]4CCCN4C(=O)[C@@H](NC(=O)[C@H](C)NC)C(C)(C)C)cc23)cc1Cl. The fraction of sp³-hybridized carbons (Fsp3) is 0.485.